The maximum Gasteiger partial charge on any atom is 0.312 e. The molecule has 39 heavy (non-hydrogen) atoms. The average molecular weight is 543 g/mol. The van der Waals surface area contributed by atoms with Crippen molar-refractivity contribution in [2.24, 2.45) is 56.7 Å². The number of esters is 2. The van der Waals surface area contributed by atoms with Crippen LogP contribution in [0.1, 0.15) is 107 Å². The molecule has 0 aromatic rings. The molecule has 0 radical (unpaired) electrons. The molecule has 2 bridgehead atoms. The fourth-order valence-corrected chi connectivity index (χ4v) is 12.5. The van der Waals surface area contributed by atoms with Crippen molar-refractivity contribution in [1.82, 2.24) is 0 Å². The monoisotopic (exact) mass is 542 g/mol. The highest BCUT2D eigenvalue weighted by Gasteiger charge is 2.87. The fourth-order valence-electron chi connectivity index (χ4n) is 12.5. The molecule has 5 saturated carbocycles. The normalized spacial score (nSPS) is 55.1. The highest BCUT2D eigenvalue weighted by Crippen LogP contribution is 2.82. The first kappa shape index (κ1) is 27.7. The van der Waals surface area contributed by atoms with Crippen LogP contribution in [0.4, 0.5) is 0 Å². The molecule has 6 nitrogen and oxygen atoms in total. The highest BCUT2D eigenvalue weighted by atomic mass is 16.6. The van der Waals surface area contributed by atoms with Crippen LogP contribution in [0.5, 0.6) is 0 Å². The summed E-state index contributed by atoms with van der Waals surface area (Å²) in [6.07, 6.45) is 6.64. The zero-order valence-electron chi connectivity index (χ0n) is 25.6. The van der Waals surface area contributed by atoms with Gasteiger partial charge in [0.2, 0.25) is 0 Å². The molecule has 2 saturated heterocycles. The lowest BCUT2D eigenvalue weighted by Crippen LogP contribution is -2.89. The maximum absolute atomic E-state index is 14.8. The second-order valence-corrected chi connectivity index (χ2v) is 15.9. The van der Waals surface area contributed by atoms with Crippen molar-refractivity contribution in [1.29, 1.82) is 0 Å². The second kappa shape index (κ2) is 8.10. The third-order valence-corrected chi connectivity index (χ3v) is 14.6. The number of fused-ring (bicyclic) bond motifs is 2. The van der Waals surface area contributed by atoms with E-state index in [1.807, 2.05) is 0 Å². The summed E-state index contributed by atoms with van der Waals surface area (Å²) in [5.41, 5.74) is -2.27. The molecule has 7 aliphatic rings. The van der Waals surface area contributed by atoms with Gasteiger partial charge in [0.15, 0.2) is 5.78 Å². The number of carbonyl (C=O) groups is 3. The van der Waals surface area contributed by atoms with Gasteiger partial charge < -0.3 is 14.2 Å². The first-order valence-electron chi connectivity index (χ1n) is 15.6. The predicted molar refractivity (Wildman–Crippen MR) is 146 cm³/mol. The van der Waals surface area contributed by atoms with E-state index in [9.17, 15) is 14.4 Å². The SMILES string of the molecule is COC(=O)[C@]12CC[C@@H](C)[C@H](C)[C@H]1[C@]13O[C@H](C1=O)[C@@H]1[C@@]4(C)CC[C@H](OC(C)=O)C(C)(C)[C@@H]4CC[C@@]1(C)[C@]3(C)CC2. The van der Waals surface area contributed by atoms with E-state index in [1.54, 1.807) is 0 Å². The van der Waals surface area contributed by atoms with Gasteiger partial charge in [-0.3, -0.25) is 14.4 Å². The van der Waals surface area contributed by atoms with Gasteiger partial charge in [-0.1, -0.05) is 48.5 Å². The van der Waals surface area contributed by atoms with Gasteiger partial charge in [-0.15, -0.1) is 0 Å². The standard InChI is InChI=1S/C33H50O6/c1-18-10-15-32(27(36)37-9)17-16-31(8)30(7)14-11-21-28(4,5)22(38-20(3)34)12-13-29(21,6)25(30)23-26(35)33(31,39-23)24(32)19(18)2/h18-19,21-25H,10-17H2,1-9H3/t18-,19+,21+,22+,23+,24-,25-,29+,30-,31+,32+,33+/m1/s1. The summed E-state index contributed by atoms with van der Waals surface area (Å²) >= 11 is 0. The molecule has 2 heterocycles. The predicted octanol–water partition coefficient (Wildman–Crippen LogP) is 6.14. The molecule has 12 atom stereocenters. The minimum absolute atomic E-state index is 0.0812. The maximum atomic E-state index is 14.8. The lowest BCUT2D eigenvalue weighted by atomic mass is 9.27. The summed E-state index contributed by atoms with van der Waals surface area (Å²) < 4.78 is 18.5. The summed E-state index contributed by atoms with van der Waals surface area (Å²) in [6, 6.07) is 0. The Morgan fingerprint density at radius 2 is 1.59 bits per heavy atom. The molecule has 6 heteroatoms. The van der Waals surface area contributed by atoms with Crippen molar-refractivity contribution >= 4 is 17.7 Å². The molecule has 0 unspecified atom stereocenters. The smallest absolute Gasteiger partial charge is 0.312 e. The molecule has 218 valence electrons. The number of Topliss-reactive ketones (excluding diaryl/α,β-unsaturated/α-hetero) is 1. The van der Waals surface area contributed by atoms with E-state index in [0.717, 1.165) is 51.4 Å². The van der Waals surface area contributed by atoms with Gasteiger partial charge >= 0.3 is 11.9 Å². The van der Waals surface area contributed by atoms with Crippen LogP contribution in [0, 0.1) is 56.7 Å². The molecule has 7 fully saturated rings. The molecule has 0 aromatic heterocycles. The summed E-state index contributed by atoms with van der Waals surface area (Å²) in [5, 5.41) is 0. The second-order valence-electron chi connectivity index (χ2n) is 15.9. The molecule has 1 spiro atoms. The van der Waals surface area contributed by atoms with Gasteiger partial charge in [-0.2, -0.15) is 0 Å². The number of hydrogen-bond donors (Lipinski definition) is 0. The van der Waals surface area contributed by atoms with Gasteiger partial charge in [0.25, 0.3) is 0 Å². The van der Waals surface area contributed by atoms with Crippen LogP contribution in [0.3, 0.4) is 0 Å². The quantitative estimate of drug-likeness (QED) is 0.390. The first-order valence-corrected chi connectivity index (χ1v) is 15.6. The van der Waals surface area contributed by atoms with Gasteiger partial charge in [0.05, 0.1) is 12.5 Å². The molecule has 0 amide bonds. The zero-order valence-corrected chi connectivity index (χ0v) is 25.6. The van der Waals surface area contributed by atoms with Crippen molar-refractivity contribution in [3.63, 3.8) is 0 Å². The van der Waals surface area contributed by atoms with Crippen molar-refractivity contribution in [2.75, 3.05) is 7.11 Å². The minimum atomic E-state index is -0.920. The topological polar surface area (TPSA) is 78.9 Å². The van der Waals surface area contributed by atoms with E-state index in [1.165, 1.54) is 14.0 Å². The molecule has 7 rings (SSSR count). The summed E-state index contributed by atoms with van der Waals surface area (Å²) in [7, 11) is 1.50. The average Bonchev–Trinajstić information content (AvgIpc) is 2.87. The summed E-state index contributed by atoms with van der Waals surface area (Å²) in [6.45, 7) is 17.8. The fraction of sp³-hybridized carbons (Fsp3) is 0.909. The van der Waals surface area contributed by atoms with Crippen LogP contribution in [-0.2, 0) is 28.6 Å². The summed E-state index contributed by atoms with van der Waals surface area (Å²) in [5.74, 6) is 0.830. The highest BCUT2D eigenvalue weighted by molar-refractivity contribution is 6.00. The van der Waals surface area contributed by atoms with E-state index in [2.05, 4.69) is 48.5 Å². The Labute approximate surface area is 234 Å². The van der Waals surface area contributed by atoms with E-state index in [0.29, 0.717) is 11.8 Å². The lowest BCUT2D eigenvalue weighted by molar-refractivity contribution is -0.394. The Bertz CT molecular complexity index is 1110. The van der Waals surface area contributed by atoms with Gasteiger partial charge in [0.1, 0.15) is 17.8 Å². The van der Waals surface area contributed by atoms with Crippen LogP contribution in [-0.4, -0.2) is 42.6 Å². The van der Waals surface area contributed by atoms with Crippen LogP contribution in [0.25, 0.3) is 0 Å². The van der Waals surface area contributed by atoms with Crippen LogP contribution >= 0.6 is 0 Å². The molecule has 2 aliphatic heterocycles. The number of ketones is 1. The number of rotatable bonds is 2. The number of ether oxygens (including phenoxy) is 3. The van der Waals surface area contributed by atoms with Crippen molar-refractivity contribution < 1.29 is 28.6 Å². The number of hydrogen-bond acceptors (Lipinski definition) is 6. The van der Waals surface area contributed by atoms with Gasteiger partial charge in [0, 0.05) is 29.6 Å². The van der Waals surface area contributed by atoms with E-state index >= 15 is 0 Å². The Kier molecular flexibility index (Phi) is 5.76. The van der Waals surface area contributed by atoms with Crippen LogP contribution in [0.15, 0.2) is 0 Å². The third-order valence-electron chi connectivity index (χ3n) is 14.6. The van der Waals surface area contributed by atoms with Gasteiger partial charge in [-0.05, 0) is 80.0 Å². The Morgan fingerprint density at radius 1 is 0.897 bits per heavy atom. The largest absolute Gasteiger partial charge is 0.469 e. The number of carbonyl (C=O) groups excluding carboxylic acids is 3. The third kappa shape index (κ3) is 2.91. The molecule has 0 aromatic carbocycles. The van der Waals surface area contributed by atoms with Crippen LogP contribution in [0.2, 0.25) is 0 Å². The molecular formula is C33H50O6. The van der Waals surface area contributed by atoms with Crippen molar-refractivity contribution in [2.45, 2.75) is 125 Å². The Balaban J connectivity index is 1.46. The van der Waals surface area contributed by atoms with Crippen molar-refractivity contribution in [3.05, 3.63) is 0 Å². The summed E-state index contributed by atoms with van der Waals surface area (Å²) in [4.78, 5) is 40.3. The van der Waals surface area contributed by atoms with E-state index in [-0.39, 0.29) is 63.2 Å². The minimum Gasteiger partial charge on any atom is -0.469 e. The van der Waals surface area contributed by atoms with E-state index in [4.69, 9.17) is 14.2 Å². The molecule has 0 N–H and O–H groups in total. The van der Waals surface area contributed by atoms with E-state index < -0.39 is 17.1 Å². The molecular weight excluding hydrogens is 492 g/mol. The molecule has 5 aliphatic carbocycles. The Hall–Kier alpha value is -1.43. The van der Waals surface area contributed by atoms with Crippen molar-refractivity contribution in [3.8, 4) is 0 Å². The Morgan fingerprint density at radius 3 is 2.21 bits per heavy atom. The van der Waals surface area contributed by atoms with Gasteiger partial charge in [-0.25, -0.2) is 0 Å². The lowest BCUT2D eigenvalue weighted by Gasteiger charge is -2.81. The van der Waals surface area contributed by atoms with Crippen LogP contribution < -0.4 is 0 Å². The first-order chi connectivity index (χ1) is 18.1. The number of methoxy groups -OCH3 is 1. The zero-order chi connectivity index (χ0) is 28.6.